The van der Waals surface area contributed by atoms with Crippen molar-refractivity contribution in [1.82, 2.24) is 21.3 Å². The summed E-state index contributed by atoms with van der Waals surface area (Å²) in [6, 6.07) is 14.2. The van der Waals surface area contributed by atoms with E-state index in [4.69, 9.17) is 4.74 Å². The van der Waals surface area contributed by atoms with Crippen molar-refractivity contribution in [2.45, 2.75) is 69.6 Å². The summed E-state index contributed by atoms with van der Waals surface area (Å²) < 4.78 is 5.89. The molecule has 37 heavy (non-hydrogen) atoms. The van der Waals surface area contributed by atoms with Gasteiger partial charge in [0, 0.05) is 18.9 Å². The summed E-state index contributed by atoms with van der Waals surface area (Å²) in [6.07, 6.45) is 3.23. The van der Waals surface area contributed by atoms with Gasteiger partial charge in [0.1, 0.15) is 24.4 Å². The van der Waals surface area contributed by atoms with Gasteiger partial charge in [0.25, 0.3) is 5.91 Å². The molecule has 9 heteroatoms. The quantitative estimate of drug-likeness (QED) is 0.504. The Morgan fingerprint density at radius 3 is 2.41 bits per heavy atom. The van der Waals surface area contributed by atoms with Gasteiger partial charge in [-0.05, 0) is 50.3 Å². The third kappa shape index (κ3) is 7.31. The molecule has 0 radical (unpaired) electrons. The predicted octanol–water partition coefficient (Wildman–Crippen LogP) is 1.86. The SMILES string of the molecule is C[C@H]1COc2ccccc2C(=O)N[C@H](C(=O)NC2CCC2)CCC(=O)N[C@H](Cc2ccccc2)C(=O)N1. The standard InChI is InChI=1S/C28H34N4O5/c1-18-17-37-24-13-6-5-12-21(24)26(34)32-22(27(35)30-20-10-7-11-20)14-15-25(33)31-23(28(36)29-18)16-19-8-3-2-4-9-19/h2-6,8-9,12-13,18,20,22-23H,7,10-11,14-17H2,1H3,(H,29,36)(H,30,35)(H,31,33)(H,32,34)/t18-,22-,23+/m0/s1. The molecule has 2 aromatic carbocycles. The molecule has 0 bridgehead atoms. The monoisotopic (exact) mass is 506 g/mol. The summed E-state index contributed by atoms with van der Waals surface area (Å²) in [6.45, 7) is 1.91. The first-order valence-corrected chi connectivity index (χ1v) is 12.9. The molecule has 1 aliphatic carbocycles. The maximum atomic E-state index is 13.2. The number of hydrogen-bond donors (Lipinski definition) is 4. The number of fused-ring (bicyclic) bond motifs is 1. The van der Waals surface area contributed by atoms with Crippen LogP contribution in [-0.2, 0) is 20.8 Å². The van der Waals surface area contributed by atoms with Crippen LogP contribution in [0.15, 0.2) is 54.6 Å². The van der Waals surface area contributed by atoms with Crippen LogP contribution in [0.5, 0.6) is 5.75 Å². The van der Waals surface area contributed by atoms with Gasteiger partial charge in [-0.15, -0.1) is 0 Å². The van der Waals surface area contributed by atoms with Gasteiger partial charge in [0.2, 0.25) is 17.7 Å². The Labute approximate surface area is 216 Å². The zero-order chi connectivity index (χ0) is 26.2. The van der Waals surface area contributed by atoms with E-state index >= 15 is 0 Å². The van der Waals surface area contributed by atoms with Crippen LogP contribution >= 0.6 is 0 Å². The van der Waals surface area contributed by atoms with Gasteiger partial charge in [-0.2, -0.15) is 0 Å². The molecule has 1 heterocycles. The highest BCUT2D eigenvalue weighted by molar-refractivity contribution is 6.00. The van der Waals surface area contributed by atoms with Crippen LogP contribution in [0.3, 0.4) is 0 Å². The number of carbonyl (C=O) groups excluding carboxylic acids is 4. The van der Waals surface area contributed by atoms with Crippen LogP contribution in [0.25, 0.3) is 0 Å². The van der Waals surface area contributed by atoms with E-state index in [0.717, 1.165) is 24.8 Å². The molecule has 1 saturated carbocycles. The Balaban J connectivity index is 1.57. The second-order valence-corrected chi connectivity index (χ2v) is 9.73. The van der Waals surface area contributed by atoms with Crippen LogP contribution in [-0.4, -0.2) is 54.4 Å². The molecule has 9 nitrogen and oxygen atoms in total. The number of nitrogens with one attached hydrogen (secondary N) is 4. The second-order valence-electron chi connectivity index (χ2n) is 9.73. The van der Waals surface area contributed by atoms with Crippen LogP contribution in [0.2, 0.25) is 0 Å². The predicted molar refractivity (Wildman–Crippen MR) is 138 cm³/mol. The Morgan fingerprint density at radius 2 is 1.68 bits per heavy atom. The van der Waals surface area contributed by atoms with E-state index in [0.29, 0.717) is 12.2 Å². The lowest BCUT2D eigenvalue weighted by Crippen LogP contribution is -2.52. The van der Waals surface area contributed by atoms with Gasteiger partial charge in [0.15, 0.2) is 0 Å². The number of benzene rings is 2. The first-order chi connectivity index (χ1) is 17.9. The normalized spacial score (nSPS) is 23.5. The van der Waals surface area contributed by atoms with E-state index in [1.807, 2.05) is 30.3 Å². The zero-order valence-corrected chi connectivity index (χ0v) is 21.0. The fourth-order valence-corrected chi connectivity index (χ4v) is 4.34. The van der Waals surface area contributed by atoms with E-state index in [2.05, 4.69) is 21.3 Å². The van der Waals surface area contributed by atoms with E-state index in [9.17, 15) is 19.2 Å². The third-order valence-electron chi connectivity index (χ3n) is 6.68. The molecule has 196 valence electrons. The highest BCUT2D eigenvalue weighted by Crippen LogP contribution is 2.20. The molecule has 0 unspecified atom stereocenters. The number of carbonyl (C=O) groups is 4. The minimum Gasteiger partial charge on any atom is -0.491 e. The average molecular weight is 507 g/mol. The van der Waals surface area contributed by atoms with E-state index in [-0.39, 0.29) is 54.8 Å². The maximum absolute atomic E-state index is 13.2. The molecule has 4 rings (SSSR count). The van der Waals surface area contributed by atoms with Crippen molar-refractivity contribution in [3.05, 3.63) is 65.7 Å². The summed E-state index contributed by atoms with van der Waals surface area (Å²) in [5.74, 6) is -1.13. The molecular weight excluding hydrogens is 472 g/mol. The fraction of sp³-hybridized carbons (Fsp3) is 0.429. The Bertz CT molecular complexity index is 1120. The van der Waals surface area contributed by atoms with Crippen LogP contribution in [0.4, 0.5) is 0 Å². The minimum absolute atomic E-state index is 0.0324. The van der Waals surface area contributed by atoms with Crippen molar-refractivity contribution in [3.63, 3.8) is 0 Å². The average Bonchev–Trinajstić information content (AvgIpc) is 2.87. The molecular formula is C28H34N4O5. The number of hydrogen-bond acceptors (Lipinski definition) is 5. The zero-order valence-electron chi connectivity index (χ0n) is 21.0. The molecule has 2 aliphatic rings. The minimum atomic E-state index is -0.905. The number of para-hydroxylation sites is 1. The van der Waals surface area contributed by atoms with E-state index in [1.54, 1.807) is 31.2 Å². The summed E-state index contributed by atoms with van der Waals surface area (Å²) in [7, 11) is 0. The smallest absolute Gasteiger partial charge is 0.255 e. The number of rotatable bonds is 4. The molecule has 0 saturated heterocycles. The number of amides is 4. The van der Waals surface area contributed by atoms with Crippen LogP contribution in [0, 0.1) is 0 Å². The summed E-state index contributed by atoms with van der Waals surface area (Å²) in [4.78, 5) is 52.2. The Morgan fingerprint density at radius 1 is 0.946 bits per heavy atom. The fourth-order valence-electron chi connectivity index (χ4n) is 4.34. The topological polar surface area (TPSA) is 126 Å². The van der Waals surface area contributed by atoms with Crippen molar-refractivity contribution >= 4 is 23.6 Å². The molecule has 0 aromatic heterocycles. The highest BCUT2D eigenvalue weighted by Gasteiger charge is 2.29. The van der Waals surface area contributed by atoms with Crippen LogP contribution < -0.4 is 26.0 Å². The molecule has 4 amide bonds. The molecule has 3 atom stereocenters. The number of ether oxygens (including phenoxy) is 1. The lowest BCUT2D eigenvalue weighted by Gasteiger charge is -2.29. The first kappa shape index (κ1) is 26.2. The van der Waals surface area contributed by atoms with Gasteiger partial charge in [-0.1, -0.05) is 42.5 Å². The second kappa shape index (κ2) is 12.4. The summed E-state index contributed by atoms with van der Waals surface area (Å²) in [5, 5.41) is 11.5. The van der Waals surface area contributed by atoms with Gasteiger partial charge in [-0.3, -0.25) is 19.2 Å². The highest BCUT2D eigenvalue weighted by atomic mass is 16.5. The van der Waals surface area contributed by atoms with E-state index in [1.165, 1.54) is 0 Å². The van der Waals surface area contributed by atoms with Crippen molar-refractivity contribution < 1.29 is 23.9 Å². The van der Waals surface area contributed by atoms with Gasteiger partial charge in [-0.25, -0.2) is 0 Å². The lowest BCUT2D eigenvalue weighted by molar-refractivity contribution is -0.130. The van der Waals surface area contributed by atoms with Crippen molar-refractivity contribution in [3.8, 4) is 5.75 Å². The third-order valence-corrected chi connectivity index (χ3v) is 6.68. The molecule has 4 N–H and O–H groups in total. The molecule has 2 aromatic rings. The van der Waals surface area contributed by atoms with Gasteiger partial charge in [0.05, 0.1) is 11.6 Å². The largest absolute Gasteiger partial charge is 0.491 e. The van der Waals surface area contributed by atoms with Crippen molar-refractivity contribution in [2.24, 2.45) is 0 Å². The Kier molecular flexibility index (Phi) is 8.77. The summed E-state index contributed by atoms with van der Waals surface area (Å²) >= 11 is 0. The summed E-state index contributed by atoms with van der Waals surface area (Å²) in [5.41, 5.74) is 1.19. The maximum Gasteiger partial charge on any atom is 0.255 e. The first-order valence-electron chi connectivity index (χ1n) is 12.9. The molecule has 1 aliphatic heterocycles. The molecule has 1 fully saturated rings. The van der Waals surface area contributed by atoms with Crippen molar-refractivity contribution in [2.75, 3.05) is 6.61 Å². The van der Waals surface area contributed by atoms with Gasteiger partial charge < -0.3 is 26.0 Å². The van der Waals surface area contributed by atoms with E-state index < -0.39 is 18.0 Å². The lowest BCUT2D eigenvalue weighted by atomic mass is 9.92. The Hall–Kier alpha value is -3.88. The van der Waals surface area contributed by atoms with Crippen molar-refractivity contribution in [1.29, 1.82) is 0 Å². The van der Waals surface area contributed by atoms with Crippen LogP contribution in [0.1, 0.15) is 54.9 Å². The van der Waals surface area contributed by atoms with Gasteiger partial charge >= 0.3 is 0 Å². The molecule has 0 spiro atoms.